The fourth-order valence-corrected chi connectivity index (χ4v) is 2.64. The Labute approximate surface area is 132 Å². The summed E-state index contributed by atoms with van der Waals surface area (Å²) in [4.78, 5) is 16.8. The zero-order valence-electron chi connectivity index (χ0n) is 11.6. The van der Waals surface area contributed by atoms with Crippen LogP contribution in [-0.4, -0.2) is 40.6 Å². The van der Waals surface area contributed by atoms with Crippen molar-refractivity contribution in [1.29, 1.82) is 0 Å². The van der Waals surface area contributed by atoms with Crippen LogP contribution < -0.4 is 0 Å². The van der Waals surface area contributed by atoms with Gasteiger partial charge in [-0.05, 0) is 6.92 Å². The molecule has 0 aromatic rings. The van der Waals surface area contributed by atoms with E-state index in [0.29, 0.717) is 0 Å². The van der Waals surface area contributed by atoms with Gasteiger partial charge in [-0.15, -0.1) is 0 Å². The summed E-state index contributed by atoms with van der Waals surface area (Å²) in [5, 5.41) is 0. The molecule has 1 atom stereocenters. The SMILES string of the molecule is CC(OP(O)O)C(C(C(F)(F)F)C(F)(F)F)C(C(F)(F)F)C(F)(F)F. The highest BCUT2D eigenvalue weighted by Gasteiger charge is 2.71. The van der Waals surface area contributed by atoms with E-state index in [1.165, 1.54) is 0 Å². The van der Waals surface area contributed by atoms with E-state index in [-0.39, 0.29) is 6.92 Å². The molecule has 1 unspecified atom stereocenters. The van der Waals surface area contributed by atoms with E-state index in [4.69, 9.17) is 9.79 Å². The Bertz CT molecular complexity index is 366. The lowest BCUT2D eigenvalue weighted by Crippen LogP contribution is -2.55. The third-order valence-electron chi connectivity index (χ3n) is 2.98. The summed E-state index contributed by atoms with van der Waals surface area (Å²) < 4.78 is 156. The van der Waals surface area contributed by atoms with Crippen molar-refractivity contribution in [3.8, 4) is 0 Å². The predicted molar refractivity (Wildman–Crippen MR) is 56.6 cm³/mol. The number of rotatable bonds is 5. The number of alkyl halides is 12. The molecule has 0 saturated heterocycles. The average Bonchev–Trinajstić information content (AvgIpc) is 2.18. The molecule has 0 saturated carbocycles. The highest BCUT2D eigenvalue weighted by Crippen LogP contribution is 2.55. The van der Waals surface area contributed by atoms with Crippen LogP contribution in [-0.2, 0) is 4.52 Å². The number of halogens is 12. The van der Waals surface area contributed by atoms with Crippen LogP contribution >= 0.6 is 8.60 Å². The maximum Gasteiger partial charge on any atom is 0.400 e. The highest BCUT2D eigenvalue weighted by molar-refractivity contribution is 7.39. The molecule has 0 aliphatic heterocycles. The van der Waals surface area contributed by atoms with Crippen LogP contribution in [0.15, 0.2) is 0 Å². The third kappa shape index (κ3) is 6.94. The van der Waals surface area contributed by atoms with E-state index < -0.39 is 57.2 Å². The third-order valence-corrected chi connectivity index (χ3v) is 3.50. The summed E-state index contributed by atoms with van der Waals surface area (Å²) in [5.41, 5.74) is 0. The lowest BCUT2D eigenvalue weighted by atomic mass is 9.76. The Morgan fingerprint density at radius 2 is 0.880 bits per heavy atom. The lowest BCUT2D eigenvalue weighted by molar-refractivity contribution is -0.355. The van der Waals surface area contributed by atoms with Crippen molar-refractivity contribution in [2.75, 3.05) is 0 Å². The van der Waals surface area contributed by atoms with Crippen molar-refractivity contribution in [2.45, 2.75) is 37.7 Å². The van der Waals surface area contributed by atoms with E-state index in [1.54, 1.807) is 0 Å². The van der Waals surface area contributed by atoms with Gasteiger partial charge in [0.2, 0.25) is 0 Å². The Morgan fingerprint density at radius 3 is 1.04 bits per heavy atom. The fourth-order valence-electron chi connectivity index (χ4n) is 2.20. The van der Waals surface area contributed by atoms with Gasteiger partial charge >= 0.3 is 33.3 Å². The largest absolute Gasteiger partial charge is 0.400 e. The molecule has 152 valence electrons. The minimum Gasteiger partial charge on any atom is -0.328 e. The van der Waals surface area contributed by atoms with Crippen molar-refractivity contribution >= 4 is 8.60 Å². The Morgan fingerprint density at radius 1 is 0.640 bits per heavy atom. The van der Waals surface area contributed by atoms with E-state index in [9.17, 15) is 52.7 Å². The summed E-state index contributed by atoms with van der Waals surface area (Å²) in [6, 6.07) is 0. The normalized spacial score (nSPS) is 16.4. The van der Waals surface area contributed by atoms with E-state index in [1.807, 2.05) is 0 Å². The van der Waals surface area contributed by atoms with Gasteiger partial charge in [0.1, 0.15) is 0 Å². The first-order valence-corrected chi connectivity index (χ1v) is 6.98. The van der Waals surface area contributed by atoms with Gasteiger partial charge in [0.15, 0.2) is 11.8 Å². The molecule has 0 rings (SSSR count). The molecule has 0 radical (unpaired) electrons. The molecular weight excluding hydrogens is 415 g/mol. The zero-order chi connectivity index (χ0) is 20.6. The molecule has 0 fully saturated rings. The van der Waals surface area contributed by atoms with Crippen LogP contribution in [0, 0.1) is 17.8 Å². The molecule has 0 heterocycles. The smallest absolute Gasteiger partial charge is 0.328 e. The minimum absolute atomic E-state index is 0.0153. The maximum absolute atomic E-state index is 12.7. The van der Waals surface area contributed by atoms with Gasteiger partial charge in [-0.25, -0.2) is 0 Å². The van der Waals surface area contributed by atoms with E-state index in [2.05, 4.69) is 4.52 Å². The average molecular weight is 424 g/mol. The van der Waals surface area contributed by atoms with Crippen LogP contribution in [0.3, 0.4) is 0 Å². The molecule has 0 bridgehead atoms. The predicted octanol–water partition coefficient (Wildman–Crippen LogP) is 4.70. The fraction of sp³-hybridized carbons (Fsp3) is 1.00. The minimum atomic E-state index is -6.55. The van der Waals surface area contributed by atoms with Gasteiger partial charge in [-0.2, -0.15) is 52.7 Å². The molecule has 2 N–H and O–H groups in total. The second-order valence-electron chi connectivity index (χ2n) is 4.76. The van der Waals surface area contributed by atoms with Crippen molar-refractivity contribution in [3.63, 3.8) is 0 Å². The summed E-state index contributed by atoms with van der Waals surface area (Å²) in [7, 11) is -3.83. The Hall–Kier alpha value is -0.530. The van der Waals surface area contributed by atoms with Crippen molar-refractivity contribution in [3.05, 3.63) is 0 Å². The van der Waals surface area contributed by atoms with E-state index in [0.717, 1.165) is 0 Å². The topological polar surface area (TPSA) is 49.7 Å². The summed E-state index contributed by atoms with van der Waals surface area (Å²) in [6.45, 7) is 0.0153. The van der Waals surface area contributed by atoms with E-state index >= 15 is 0 Å². The summed E-state index contributed by atoms with van der Waals surface area (Å²) >= 11 is 0. The quantitative estimate of drug-likeness (QED) is 0.497. The molecule has 0 aromatic carbocycles. The van der Waals surface area contributed by atoms with Crippen LogP contribution in [0.2, 0.25) is 0 Å². The number of hydrogen-bond acceptors (Lipinski definition) is 3. The number of hydrogen-bond donors (Lipinski definition) is 2. The standard InChI is InChI=1S/C9H9F12O3P/c1-2(24-25(22)23)3(4(6(10,11)12)7(13,14)15)5(8(16,17)18)9(19,20)21/h2-5,22-23H,1H3. The van der Waals surface area contributed by atoms with Gasteiger partial charge in [-0.1, -0.05) is 0 Å². The molecule has 0 aliphatic carbocycles. The molecule has 16 heteroatoms. The molecular formula is C9H9F12O3P. The molecule has 25 heavy (non-hydrogen) atoms. The molecule has 0 aliphatic rings. The van der Waals surface area contributed by atoms with Gasteiger partial charge < -0.3 is 14.3 Å². The van der Waals surface area contributed by atoms with Crippen LogP contribution in [0.1, 0.15) is 6.92 Å². The molecule has 3 nitrogen and oxygen atoms in total. The lowest BCUT2D eigenvalue weighted by Gasteiger charge is -2.40. The second kappa shape index (κ2) is 7.61. The summed E-state index contributed by atoms with van der Waals surface area (Å²) in [6.07, 6.45) is -29.3. The van der Waals surface area contributed by atoms with Crippen LogP contribution in [0.25, 0.3) is 0 Å². The van der Waals surface area contributed by atoms with Crippen molar-refractivity contribution in [2.24, 2.45) is 17.8 Å². The Balaban J connectivity index is 6.51. The molecule has 0 amide bonds. The van der Waals surface area contributed by atoms with Crippen molar-refractivity contribution in [1.82, 2.24) is 0 Å². The Kier molecular flexibility index (Phi) is 7.45. The molecule has 0 spiro atoms. The highest BCUT2D eigenvalue weighted by atomic mass is 31.2. The van der Waals surface area contributed by atoms with Gasteiger partial charge in [0.05, 0.1) is 6.10 Å². The first-order valence-electron chi connectivity index (χ1n) is 5.82. The van der Waals surface area contributed by atoms with Gasteiger partial charge in [0.25, 0.3) is 0 Å². The van der Waals surface area contributed by atoms with Gasteiger partial charge in [-0.3, -0.25) is 0 Å². The zero-order valence-corrected chi connectivity index (χ0v) is 12.5. The molecule has 0 aromatic heterocycles. The van der Waals surface area contributed by atoms with Crippen molar-refractivity contribution < 1.29 is 67.0 Å². The van der Waals surface area contributed by atoms with Gasteiger partial charge in [0, 0.05) is 5.92 Å². The van der Waals surface area contributed by atoms with Crippen LogP contribution in [0.5, 0.6) is 0 Å². The summed E-state index contributed by atoms with van der Waals surface area (Å²) in [5.74, 6) is -14.5. The first-order chi connectivity index (χ1) is 10.7. The first kappa shape index (κ1) is 24.5. The second-order valence-corrected chi connectivity index (χ2v) is 5.48. The maximum atomic E-state index is 12.7. The van der Waals surface area contributed by atoms with Crippen LogP contribution in [0.4, 0.5) is 52.7 Å². The monoisotopic (exact) mass is 424 g/mol.